The maximum Gasteiger partial charge on any atom is 0.256 e. The van der Waals surface area contributed by atoms with Crippen molar-refractivity contribution in [3.05, 3.63) is 46.4 Å². The second-order valence-corrected chi connectivity index (χ2v) is 6.81. The van der Waals surface area contributed by atoms with Crippen molar-refractivity contribution in [1.29, 1.82) is 0 Å². The normalized spacial score (nSPS) is 17.2. The maximum absolute atomic E-state index is 13.4. The molecule has 0 atom stereocenters. The standard InChI is InChI=1S/C19H22N4O2/c24-17-10-15(14-11-20-13-21-12-14)18(16-6-5-9-23(16)17)19(25)22-7-3-1-2-4-8-22/h10-13H,1-9H2. The molecule has 1 fully saturated rings. The lowest BCUT2D eigenvalue weighted by Gasteiger charge is -2.23. The smallest absolute Gasteiger partial charge is 0.256 e. The van der Waals surface area contributed by atoms with E-state index in [-0.39, 0.29) is 11.5 Å². The molecule has 1 amide bonds. The lowest BCUT2D eigenvalue weighted by molar-refractivity contribution is 0.0760. The van der Waals surface area contributed by atoms with E-state index in [9.17, 15) is 9.59 Å². The summed E-state index contributed by atoms with van der Waals surface area (Å²) in [6, 6.07) is 1.58. The molecule has 2 aromatic heterocycles. The zero-order chi connectivity index (χ0) is 17.2. The highest BCUT2D eigenvalue weighted by atomic mass is 16.2. The summed E-state index contributed by atoms with van der Waals surface area (Å²) in [5.74, 6) is 0.0476. The van der Waals surface area contributed by atoms with Gasteiger partial charge in [0.2, 0.25) is 0 Å². The Morgan fingerprint density at radius 2 is 1.68 bits per heavy atom. The van der Waals surface area contributed by atoms with Crippen LogP contribution in [0.4, 0.5) is 0 Å². The van der Waals surface area contributed by atoms with E-state index in [0.717, 1.165) is 50.0 Å². The van der Waals surface area contributed by atoms with Crippen molar-refractivity contribution in [2.45, 2.75) is 45.1 Å². The van der Waals surface area contributed by atoms with E-state index in [1.165, 1.54) is 19.2 Å². The van der Waals surface area contributed by atoms with Gasteiger partial charge in [0.1, 0.15) is 6.33 Å². The molecule has 2 aromatic rings. The molecule has 2 aliphatic heterocycles. The van der Waals surface area contributed by atoms with Crippen LogP contribution in [0.25, 0.3) is 11.1 Å². The second-order valence-electron chi connectivity index (χ2n) is 6.81. The molecule has 0 N–H and O–H groups in total. The number of hydrogen-bond donors (Lipinski definition) is 0. The van der Waals surface area contributed by atoms with E-state index in [1.54, 1.807) is 23.0 Å². The van der Waals surface area contributed by atoms with Crippen LogP contribution < -0.4 is 5.56 Å². The van der Waals surface area contributed by atoms with Gasteiger partial charge in [-0.2, -0.15) is 0 Å². The number of hydrogen-bond acceptors (Lipinski definition) is 4. The molecule has 25 heavy (non-hydrogen) atoms. The van der Waals surface area contributed by atoms with Gasteiger partial charge >= 0.3 is 0 Å². The van der Waals surface area contributed by atoms with Crippen LogP contribution in [0.15, 0.2) is 29.6 Å². The Labute approximate surface area is 146 Å². The Hall–Kier alpha value is -2.50. The molecule has 0 radical (unpaired) electrons. The van der Waals surface area contributed by atoms with Gasteiger partial charge in [-0.05, 0) is 25.7 Å². The summed E-state index contributed by atoms with van der Waals surface area (Å²) in [4.78, 5) is 36.0. The zero-order valence-electron chi connectivity index (χ0n) is 14.3. The van der Waals surface area contributed by atoms with Crippen molar-refractivity contribution >= 4 is 5.91 Å². The number of fused-ring (bicyclic) bond motifs is 1. The van der Waals surface area contributed by atoms with Crippen LogP contribution in [-0.2, 0) is 13.0 Å². The molecule has 2 aliphatic rings. The Bertz CT molecular complexity index is 836. The number of nitrogens with zero attached hydrogens (tertiary/aromatic N) is 4. The molecule has 6 heteroatoms. The predicted octanol–water partition coefficient (Wildman–Crippen LogP) is 2.27. The molecule has 6 nitrogen and oxygen atoms in total. The molecule has 0 saturated carbocycles. The fourth-order valence-electron chi connectivity index (χ4n) is 3.94. The SMILES string of the molecule is O=C(c1c(-c2cncnc2)cc(=O)n2c1CCC2)N1CCCCCC1. The molecule has 0 bridgehead atoms. The second kappa shape index (κ2) is 6.78. The van der Waals surface area contributed by atoms with Gasteiger partial charge in [0.15, 0.2) is 0 Å². The van der Waals surface area contributed by atoms with Crippen molar-refractivity contribution in [2.75, 3.05) is 13.1 Å². The first-order valence-corrected chi connectivity index (χ1v) is 9.07. The average Bonchev–Trinajstić information content (AvgIpc) is 2.97. The number of carbonyl (C=O) groups is 1. The van der Waals surface area contributed by atoms with Crippen molar-refractivity contribution < 1.29 is 4.79 Å². The van der Waals surface area contributed by atoms with Crippen LogP contribution in [0.5, 0.6) is 0 Å². The Morgan fingerprint density at radius 3 is 2.40 bits per heavy atom. The molecule has 4 heterocycles. The number of pyridine rings is 1. The van der Waals surface area contributed by atoms with Crippen LogP contribution in [0.1, 0.15) is 48.2 Å². The molecule has 4 rings (SSSR count). The van der Waals surface area contributed by atoms with Gasteiger partial charge in [-0.15, -0.1) is 0 Å². The van der Waals surface area contributed by atoms with Gasteiger partial charge in [0, 0.05) is 54.9 Å². The molecular formula is C19H22N4O2. The molecule has 1 saturated heterocycles. The third kappa shape index (κ3) is 2.97. The van der Waals surface area contributed by atoms with Crippen molar-refractivity contribution in [1.82, 2.24) is 19.4 Å². The van der Waals surface area contributed by atoms with Crippen molar-refractivity contribution in [3.8, 4) is 11.1 Å². The fourth-order valence-corrected chi connectivity index (χ4v) is 3.94. The van der Waals surface area contributed by atoms with Crippen LogP contribution in [0.3, 0.4) is 0 Å². The average molecular weight is 338 g/mol. The first kappa shape index (κ1) is 16.0. The third-order valence-electron chi connectivity index (χ3n) is 5.19. The van der Waals surface area contributed by atoms with Gasteiger partial charge in [0.25, 0.3) is 11.5 Å². The molecule has 0 aliphatic carbocycles. The minimum absolute atomic E-state index is 0.0428. The maximum atomic E-state index is 13.4. The third-order valence-corrected chi connectivity index (χ3v) is 5.19. The molecule has 130 valence electrons. The number of amides is 1. The number of rotatable bonds is 2. The highest BCUT2D eigenvalue weighted by Crippen LogP contribution is 2.29. The summed E-state index contributed by atoms with van der Waals surface area (Å²) >= 11 is 0. The van der Waals surface area contributed by atoms with E-state index >= 15 is 0 Å². The summed E-state index contributed by atoms with van der Waals surface area (Å²) in [6.07, 6.45) is 10.9. The van der Waals surface area contributed by atoms with Crippen LogP contribution in [-0.4, -0.2) is 38.4 Å². The monoisotopic (exact) mass is 338 g/mol. The summed E-state index contributed by atoms with van der Waals surface area (Å²) < 4.78 is 1.76. The minimum atomic E-state index is -0.0428. The van der Waals surface area contributed by atoms with Crippen LogP contribution in [0, 0.1) is 0 Å². The topological polar surface area (TPSA) is 68.1 Å². The highest BCUT2D eigenvalue weighted by Gasteiger charge is 2.28. The van der Waals surface area contributed by atoms with E-state index in [1.807, 2.05) is 4.90 Å². The largest absolute Gasteiger partial charge is 0.339 e. The molecule has 0 spiro atoms. The van der Waals surface area contributed by atoms with Gasteiger partial charge in [-0.1, -0.05) is 12.8 Å². The van der Waals surface area contributed by atoms with Crippen LogP contribution in [0.2, 0.25) is 0 Å². The Kier molecular flexibility index (Phi) is 4.34. The lowest BCUT2D eigenvalue weighted by atomic mass is 9.98. The van der Waals surface area contributed by atoms with E-state index < -0.39 is 0 Å². The van der Waals surface area contributed by atoms with Gasteiger partial charge in [0.05, 0.1) is 5.56 Å². The molecular weight excluding hydrogens is 316 g/mol. The van der Waals surface area contributed by atoms with Crippen molar-refractivity contribution in [3.63, 3.8) is 0 Å². The summed E-state index contributed by atoms with van der Waals surface area (Å²) in [7, 11) is 0. The van der Waals surface area contributed by atoms with Crippen molar-refractivity contribution in [2.24, 2.45) is 0 Å². The fraction of sp³-hybridized carbons (Fsp3) is 0.474. The number of carbonyl (C=O) groups excluding carboxylic acids is 1. The predicted molar refractivity (Wildman–Crippen MR) is 94.4 cm³/mol. The van der Waals surface area contributed by atoms with Gasteiger partial charge in [-0.3, -0.25) is 9.59 Å². The summed E-state index contributed by atoms with van der Waals surface area (Å²) in [5, 5.41) is 0. The minimum Gasteiger partial charge on any atom is -0.339 e. The first-order valence-electron chi connectivity index (χ1n) is 9.07. The quantitative estimate of drug-likeness (QED) is 0.842. The van der Waals surface area contributed by atoms with E-state index in [4.69, 9.17) is 0 Å². The van der Waals surface area contributed by atoms with Crippen LogP contribution >= 0.6 is 0 Å². The molecule has 0 aromatic carbocycles. The summed E-state index contributed by atoms with van der Waals surface area (Å²) in [6.45, 7) is 2.28. The highest BCUT2D eigenvalue weighted by molar-refractivity contribution is 6.02. The Balaban J connectivity index is 1.86. The number of likely N-dealkylation sites (tertiary alicyclic amines) is 1. The summed E-state index contributed by atoms with van der Waals surface area (Å²) in [5.41, 5.74) is 2.91. The lowest BCUT2D eigenvalue weighted by Crippen LogP contribution is -2.34. The zero-order valence-corrected chi connectivity index (χ0v) is 14.3. The van der Waals surface area contributed by atoms with Gasteiger partial charge < -0.3 is 9.47 Å². The van der Waals surface area contributed by atoms with Gasteiger partial charge in [-0.25, -0.2) is 9.97 Å². The first-order chi connectivity index (χ1) is 12.3. The molecule has 0 unspecified atom stereocenters. The van der Waals surface area contributed by atoms with E-state index in [0.29, 0.717) is 17.7 Å². The Morgan fingerprint density at radius 1 is 0.960 bits per heavy atom. The number of aromatic nitrogens is 3. The van der Waals surface area contributed by atoms with E-state index in [2.05, 4.69) is 9.97 Å².